The average molecular weight is 653 g/mol. The van der Waals surface area contributed by atoms with Gasteiger partial charge < -0.3 is 19.3 Å². The number of hydrogen-bond acceptors (Lipinski definition) is 8. The van der Waals surface area contributed by atoms with E-state index in [0.717, 1.165) is 84.7 Å². The quantitative estimate of drug-likeness (QED) is 0.217. The van der Waals surface area contributed by atoms with Crippen molar-refractivity contribution >= 4 is 28.8 Å². The molecule has 2 fully saturated rings. The van der Waals surface area contributed by atoms with Crippen LogP contribution in [0.4, 0.5) is 10.6 Å². The van der Waals surface area contributed by atoms with Crippen molar-refractivity contribution in [1.82, 2.24) is 25.0 Å². The van der Waals surface area contributed by atoms with E-state index in [0.29, 0.717) is 24.6 Å². The number of H-pyrrole nitrogens is 1. The van der Waals surface area contributed by atoms with Gasteiger partial charge in [-0.1, -0.05) is 36.4 Å². The number of carbonyl (C=O) groups excluding carboxylic acids is 2. The Morgan fingerprint density at radius 1 is 0.938 bits per heavy atom. The molecule has 0 aliphatic carbocycles. The van der Waals surface area contributed by atoms with Crippen molar-refractivity contribution in [3.05, 3.63) is 78.0 Å². The molecule has 2 aromatic heterocycles. The number of benzene rings is 2. The smallest absolute Gasteiger partial charge is 0.410 e. The Kier molecular flexibility index (Phi) is 10.0. The van der Waals surface area contributed by atoms with Crippen molar-refractivity contribution in [2.24, 2.45) is 5.92 Å². The molecule has 4 heterocycles. The molecule has 1 amide bonds. The summed E-state index contributed by atoms with van der Waals surface area (Å²) in [5, 5.41) is 8.77. The number of hydrogen-bond donors (Lipinski definition) is 1. The Labute approximate surface area is 283 Å². The zero-order valence-electron chi connectivity index (χ0n) is 28.8. The number of aromatic nitrogens is 3. The van der Waals surface area contributed by atoms with Crippen LogP contribution in [-0.2, 0) is 27.3 Å². The number of fused-ring (bicyclic) bond motifs is 1. The normalized spacial score (nSPS) is 19.4. The number of piperidine rings is 1. The summed E-state index contributed by atoms with van der Waals surface area (Å²) in [6.07, 6.45) is 3.82. The molecule has 0 bridgehead atoms. The van der Waals surface area contributed by atoms with Crippen LogP contribution in [0.15, 0.2) is 66.9 Å². The molecule has 2 aliphatic heterocycles. The molecule has 2 aliphatic rings. The number of amides is 1. The molecule has 6 rings (SSSR count). The maximum atomic E-state index is 12.7. The number of nitrogens with zero attached hydrogens (tertiary/aromatic N) is 5. The Hall–Kier alpha value is -4.44. The molecule has 0 radical (unpaired) electrons. The van der Waals surface area contributed by atoms with Gasteiger partial charge in [0.15, 0.2) is 0 Å². The lowest BCUT2D eigenvalue weighted by molar-refractivity contribution is -0.153. The van der Waals surface area contributed by atoms with Gasteiger partial charge in [-0.25, -0.2) is 9.78 Å². The zero-order chi connectivity index (χ0) is 33.8. The van der Waals surface area contributed by atoms with Crippen molar-refractivity contribution in [2.75, 3.05) is 37.6 Å². The Morgan fingerprint density at radius 2 is 1.67 bits per heavy atom. The van der Waals surface area contributed by atoms with Crippen LogP contribution < -0.4 is 4.90 Å². The molecule has 0 spiro atoms. The summed E-state index contributed by atoms with van der Waals surface area (Å²) in [5.41, 5.74) is 4.12. The number of esters is 1. The third-order valence-corrected chi connectivity index (χ3v) is 9.39. The minimum Gasteiger partial charge on any atom is -0.460 e. The monoisotopic (exact) mass is 652 g/mol. The third kappa shape index (κ3) is 8.16. The number of carbonyl (C=O) groups is 2. The summed E-state index contributed by atoms with van der Waals surface area (Å²) in [7, 11) is 0. The average Bonchev–Trinajstić information content (AvgIpc) is 3.48. The fourth-order valence-electron chi connectivity index (χ4n) is 6.98. The molecule has 4 aromatic rings. The summed E-state index contributed by atoms with van der Waals surface area (Å²) < 4.78 is 11.1. The number of likely N-dealkylation sites (tertiary alicyclic amines) is 1. The molecule has 1 N–H and O–H groups in total. The maximum absolute atomic E-state index is 12.7. The molecule has 10 nitrogen and oxygen atoms in total. The predicted octanol–water partition coefficient (Wildman–Crippen LogP) is 6.46. The molecule has 0 saturated carbocycles. The largest absolute Gasteiger partial charge is 0.460 e. The summed E-state index contributed by atoms with van der Waals surface area (Å²) in [4.78, 5) is 36.8. The molecule has 2 aromatic carbocycles. The number of rotatable bonds is 8. The zero-order valence-corrected chi connectivity index (χ0v) is 28.8. The minimum absolute atomic E-state index is 0.208. The van der Waals surface area contributed by atoms with E-state index in [-0.39, 0.29) is 18.5 Å². The van der Waals surface area contributed by atoms with Crippen LogP contribution >= 0.6 is 0 Å². The van der Waals surface area contributed by atoms with Gasteiger partial charge >= 0.3 is 12.1 Å². The van der Waals surface area contributed by atoms with Gasteiger partial charge in [0, 0.05) is 62.0 Å². The van der Waals surface area contributed by atoms with Crippen LogP contribution in [0.3, 0.4) is 0 Å². The molecule has 254 valence electrons. The fraction of sp³-hybridized carbons (Fsp3) is 0.474. The standard InChI is InChI=1S/C38H48N6O4/c1-26-22-43(23-27(2)44(26)24-28-14-17-42(18-15-28)37(46)47-25-29-9-7-6-8-10-29)34-21-31(13-16-39-34)36-32-19-30(11-12-33(32)40-41-36)20-35(45)48-38(3,4)5/h6-13,16,19,21,26-28H,14-15,17-18,20,22-25H2,1-5H3,(H,40,41)/t26-,27+. The van der Waals surface area contributed by atoms with E-state index < -0.39 is 5.60 Å². The number of anilines is 1. The van der Waals surface area contributed by atoms with E-state index in [4.69, 9.17) is 14.5 Å². The van der Waals surface area contributed by atoms with Crippen LogP contribution in [0.5, 0.6) is 0 Å². The first-order valence-corrected chi connectivity index (χ1v) is 17.1. The topological polar surface area (TPSA) is 104 Å². The number of ether oxygens (including phenoxy) is 2. The van der Waals surface area contributed by atoms with E-state index >= 15 is 0 Å². The second kappa shape index (κ2) is 14.4. The van der Waals surface area contributed by atoms with Crippen LogP contribution in [-0.4, -0.2) is 87.5 Å². The third-order valence-electron chi connectivity index (χ3n) is 9.39. The van der Waals surface area contributed by atoms with Crippen LogP contribution in [0, 0.1) is 5.92 Å². The van der Waals surface area contributed by atoms with Crippen molar-refractivity contribution in [3.63, 3.8) is 0 Å². The molecular weight excluding hydrogens is 604 g/mol. The number of aromatic amines is 1. The summed E-state index contributed by atoms with van der Waals surface area (Å²) in [6.45, 7) is 14.8. The van der Waals surface area contributed by atoms with Gasteiger partial charge in [0.1, 0.15) is 23.7 Å². The van der Waals surface area contributed by atoms with Gasteiger partial charge in [-0.05, 0) is 88.8 Å². The highest BCUT2D eigenvalue weighted by Crippen LogP contribution is 2.31. The van der Waals surface area contributed by atoms with Crippen molar-refractivity contribution in [2.45, 2.75) is 78.2 Å². The van der Waals surface area contributed by atoms with Crippen molar-refractivity contribution in [1.29, 1.82) is 0 Å². The van der Waals surface area contributed by atoms with E-state index in [1.807, 2.05) is 86.5 Å². The van der Waals surface area contributed by atoms with E-state index in [1.54, 1.807) is 0 Å². The molecule has 2 atom stereocenters. The van der Waals surface area contributed by atoms with Gasteiger partial charge in [-0.2, -0.15) is 5.10 Å². The molecule has 0 unspecified atom stereocenters. The van der Waals surface area contributed by atoms with Gasteiger partial charge in [-0.15, -0.1) is 0 Å². The lowest BCUT2D eigenvalue weighted by atomic mass is 9.94. The van der Waals surface area contributed by atoms with Crippen LogP contribution in [0.2, 0.25) is 0 Å². The van der Waals surface area contributed by atoms with Crippen molar-refractivity contribution in [3.8, 4) is 11.3 Å². The maximum Gasteiger partial charge on any atom is 0.410 e. The Bertz CT molecular complexity index is 1700. The first-order valence-electron chi connectivity index (χ1n) is 17.1. The second-order valence-electron chi connectivity index (χ2n) is 14.4. The van der Waals surface area contributed by atoms with Gasteiger partial charge in [-0.3, -0.25) is 14.8 Å². The Balaban J connectivity index is 1.05. The first kappa shape index (κ1) is 33.5. The summed E-state index contributed by atoms with van der Waals surface area (Å²) in [6, 6.07) is 20.6. The molecule has 10 heteroatoms. The van der Waals surface area contributed by atoms with Gasteiger partial charge in [0.2, 0.25) is 0 Å². The fourth-order valence-corrected chi connectivity index (χ4v) is 6.98. The van der Waals surface area contributed by atoms with Crippen LogP contribution in [0.1, 0.15) is 58.6 Å². The highest BCUT2D eigenvalue weighted by molar-refractivity contribution is 5.94. The van der Waals surface area contributed by atoms with Crippen molar-refractivity contribution < 1.29 is 19.1 Å². The number of nitrogens with one attached hydrogen (secondary N) is 1. The van der Waals surface area contributed by atoms with E-state index in [2.05, 4.69) is 39.9 Å². The van der Waals surface area contributed by atoms with E-state index in [9.17, 15) is 9.59 Å². The highest BCUT2D eigenvalue weighted by Gasteiger charge is 2.33. The molecule has 48 heavy (non-hydrogen) atoms. The predicted molar refractivity (Wildman–Crippen MR) is 188 cm³/mol. The molecular formula is C38H48N6O4. The number of pyridine rings is 1. The summed E-state index contributed by atoms with van der Waals surface area (Å²) in [5.74, 6) is 1.24. The lowest BCUT2D eigenvalue weighted by Gasteiger charge is -2.47. The second-order valence-corrected chi connectivity index (χ2v) is 14.4. The summed E-state index contributed by atoms with van der Waals surface area (Å²) >= 11 is 0. The SMILES string of the molecule is C[C@@H]1CN(c2cc(-c3n[nH]c4ccc(CC(=O)OC(C)(C)C)cc34)ccn2)C[C@H](C)N1CC1CCN(C(=O)OCc2ccccc2)CC1. The van der Waals surface area contributed by atoms with Gasteiger partial charge in [0.05, 0.1) is 11.9 Å². The minimum atomic E-state index is -0.520. The lowest BCUT2D eigenvalue weighted by Crippen LogP contribution is -2.58. The van der Waals surface area contributed by atoms with E-state index in [1.165, 1.54) is 0 Å². The molecule has 2 saturated heterocycles. The first-order chi connectivity index (χ1) is 23.0. The highest BCUT2D eigenvalue weighted by atomic mass is 16.6. The Morgan fingerprint density at radius 3 is 2.38 bits per heavy atom. The number of piperazine rings is 1. The van der Waals surface area contributed by atoms with Gasteiger partial charge in [0.25, 0.3) is 0 Å². The van der Waals surface area contributed by atoms with Crippen LogP contribution in [0.25, 0.3) is 22.2 Å².